The lowest BCUT2D eigenvalue weighted by Crippen LogP contribution is -2.30. The van der Waals surface area contributed by atoms with Crippen molar-refractivity contribution < 1.29 is 4.79 Å². The Morgan fingerprint density at radius 3 is 2.50 bits per heavy atom. The average molecular weight is 244 g/mol. The molecule has 2 N–H and O–H groups in total. The first-order chi connectivity index (χ1) is 8.41. The number of amides is 1. The normalized spacial score (nSPS) is 11.1. The number of aryl methyl sites for hydroxylation is 1. The van der Waals surface area contributed by atoms with Crippen molar-refractivity contribution in [1.82, 2.24) is 4.57 Å². The summed E-state index contributed by atoms with van der Waals surface area (Å²) in [6, 6.07) is 7.15. The van der Waals surface area contributed by atoms with Gasteiger partial charge >= 0.3 is 0 Å². The van der Waals surface area contributed by atoms with Crippen molar-refractivity contribution in [3.8, 4) is 0 Å². The summed E-state index contributed by atoms with van der Waals surface area (Å²) in [6.45, 7) is 5.64. The molecule has 1 amide bonds. The molecule has 4 nitrogen and oxygen atoms in total. The van der Waals surface area contributed by atoms with Crippen LogP contribution in [0, 0.1) is 6.92 Å². The molecule has 0 atom stereocenters. The van der Waals surface area contributed by atoms with Crippen LogP contribution in [0.2, 0.25) is 0 Å². The van der Waals surface area contributed by atoms with Gasteiger partial charge in [0.25, 0.3) is 11.5 Å². The van der Waals surface area contributed by atoms with E-state index in [4.69, 9.17) is 5.73 Å². The van der Waals surface area contributed by atoms with Crippen LogP contribution in [0.25, 0.3) is 10.8 Å². The molecule has 0 fully saturated rings. The fourth-order valence-corrected chi connectivity index (χ4v) is 2.14. The minimum absolute atomic E-state index is 0.107. The fourth-order valence-electron chi connectivity index (χ4n) is 2.14. The Hall–Kier alpha value is -2.10. The summed E-state index contributed by atoms with van der Waals surface area (Å²) in [7, 11) is 0. The number of carbonyl (C=O) groups excluding carboxylic acids is 1. The second-order valence-electron chi connectivity index (χ2n) is 4.75. The molecule has 1 aromatic heterocycles. The Labute approximate surface area is 105 Å². The first-order valence-electron chi connectivity index (χ1n) is 5.87. The topological polar surface area (TPSA) is 65.1 Å². The fraction of sp³-hybridized carbons (Fsp3) is 0.286. The van der Waals surface area contributed by atoms with Crippen LogP contribution in [0.5, 0.6) is 0 Å². The summed E-state index contributed by atoms with van der Waals surface area (Å²) in [4.78, 5) is 23.9. The van der Waals surface area contributed by atoms with E-state index >= 15 is 0 Å². The Morgan fingerprint density at radius 2 is 1.94 bits per heavy atom. The van der Waals surface area contributed by atoms with Gasteiger partial charge in [0.05, 0.1) is 0 Å². The van der Waals surface area contributed by atoms with Crippen molar-refractivity contribution in [3.63, 3.8) is 0 Å². The van der Waals surface area contributed by atoms with Crippen LogP contribution < -0.4 is 11.3 Å². The van der Waals surface area contributed by atoms with Crippen molar-refractivity contribution in [2.45, 2.75) is 26.8 Å². The zero-order valence-corrected chi connectivity index (χ0v) is 10.7. The molecule has 0 spiro atoms. The Morgan fingerprint density at radius 1 is 1.28 bits per heavy atom. The van der Waals surface area contributed by atoms with E-state index in [9.17, 15) is 9.59 Å². The van der Waals surface area contributed by atoms with Gasteiger partial charge in [-0.25, -0.2) is 0 Å². The number of hydrogen-bond donors (Lipinski definition) is 1. The lowest BCUT2D eigenvalue weighted by atomic mass is 10.1. The van der Waals surface area contributed by atoms with Gasteiger partial charge in [-0.05, 0) is 38.3 Å². The molecule has 1 heterocycles. The van der Waals surface area contributed by atoms with Crippen LogP contribution in [0.15, 0.2) is 29.1 Å². The number of hydrogen-bond acceptors (Lipinski definition) is 2. The van der Waals surface area contributed by atoms with E-state index in [1.807, 2.05) is 39.0 Å². The first kappa shape index (κ1) is 12.4. The second kappa shape index (κ2) is 4.29. The van der Waals surface area contributed by atoms with Crippen LogP contribution in [-0.4, -0.2) is 10.5 Å². The molecule has 1 aromatic carbocycles. The number of fused-ring (bicyclic) bond motifs is 1. The number of carbonyl (C=O) groups is 1. The quantitative estimate of drug-likeness (QED) is 0.878. The summed E-state index contributed by atoms with van der Waals surface area (Å²) < 4.78 is 1.45. The van der Waals surface area contributed by atoms with Crippen molar-refractivity contribution in [3.05, 3.63) is 45.9 Å². The number of primary amides is 1. The predicted molar refractivity (Wildman–Crippen MR) is 71.8 cm³/mol. The van der Waals surface area contributed by atoms with Gasteiger partial charge in [0.1, 0.15) is 5.69 Å². The van der Waals surface area contributed by atoms with Crippen LogP contribution >= 0.6 is 0 Å². The third-order valence-corrected chi connectivity index (χ3v) is 2.98. The molecule has 0 saturated heterocycles. The smallest absolute Gasteiger partial charge is 0.265 e. The summed E-state index contributed by atoms with van der Waals surface area (Å²) in [5.74, 6) is -0.580. The highest BCUT2D eigenvalue weighted by atomic mass is 16.2. The van der Waals surface area contributed by atoms with Crippen LogP contribution in [0.3, 0.4) is 0 Å². The van der Waals surface area contributed by atoms with Crippen molar-refractivity contribution >= 4 is 16.7 Å². The molecule has 0 unspecified atom stereocenters. The van der Waals surface area contributed by atoms with E-state index in [-0.39, 0.29) is 17.3 Å². The summed E-state index contributed by atoms with van der Waals surface area (Å²) in [6.07, 6.45) is 0. The molecule has 94 valence electrons. The van der Waals surface area contributed by atoms with E-state index in [0.29, 0.717) is 5.39 Å². The van der Waals surface area contributed by atoms with Gasteiger partial charge in [-0.2, -0.15) is 0 Å². The van der Waals surface area contributed by atoms with Crippen molar-refractivity contribution in [1.29, 1.82) is 0 Å². The van der Waals surface area contributed by atoms with E-state index in [1.54, 1.807) is 6.07 Å². The maximum absolute atomic E-state index is 12.4. The maximum Gasteiger partial charge on any atom is 0.265 e. The number of benzene rings is 1. The average Bonchev–Trinajstić information content (AvgIpc) is 2.28. The number of pyridine rings is 1. The number of nitrogens with zero attached hydrogens (tertiary/aromatic N) is 1. The lowest BCUT2D eigenvalue weighted by molar-refractivity contribution is 0.0989. The van der Waals surface area contributed by atoms with Gasteiger partial charge in [-0.15, -0.1) is 0 Å². The molecule has 0 aliphatic rings. The van der Waals surface area contributed by atoms with Crippen LogP contribution in [0.1, 0.15) is 35.9 Å². The van der Waals surface area contributed by atoms with Crippen molar-refractivity contribution in [2.24, 2.45) is 5.73 Å². The minimum atomic E-state index is -0.580. The Kier molecular flexibility index (Phi) is 2.95. The third kappa shape index (κ3) is 1.90. The molecular formula is C14H16N2O2. The zero-order chi connectivity index (χ0) is 13.4. The molecular weight excluding hydrogens is 228 g/mol. The van der Waals surface area contributed by atoms with Gasteiger partial charge in [0.15, 0.2) is 0 Å². The summed E-state index contributed by atoms with van der Waals surface area (Å²) in [5.41, 5.74) is 6.45. The van der Waals surface area contributed by atoms with E-state index in [0.717, 1.165) is 10.9 Å². The molecule has 18 heavy (non-hydrogen) atoms. The summed E-state index contributed by atoms with van der Waals surface area (Å²) in [5, 5.41) is 1.37. The van der Waals surface area contributed by atoms with Crippen LogP contribution in [0.4, 0.5) is 0 Å². The number of rotatable bonds is 2. The van der Waals surface area contributed by atoms with Gasteiger partial charge in [0.2, 0.25) is 0 Å². The maximum atomic E-state index is 12.4. The lowest BCUT2D eigenvalue weighted by Gasteiger charge is -2.15. The highest BCUT2D eigenvalue weighted by Gasteiger charge is 2.15. The largest absolute Gasteiger partial charge is 0.364 e. The van der Waals surface area contributed by atoms with Gasteiger partial charge in [-0.3, -0.25) is 9.59 Å². The minimum Gasteiger partial charge on any atom is -0.364 e. The highest BCUT2D eigenvalue weighted by Crippen LogP contribution is 2.16. The first-order valence-corrected chi connectivity index (χ1v) is 5.87. The monoisotopic (exact) mass is 244 g/mol. The van der Waals surface area contributed by atoms with E-state index in [2.05, 4.69) is 0 Å². The molecule has 2 rings (SSSR count). The number of aromatic nitrogens is 1. The number of nitrogens with two attached hydrogens (primary N) is 1. The predicted octanol–water partition coefficient (Wildman–Crippen LogP) is 1.99. The molecule has 0 bridgehead atoms. The van der Waals surface area contributed by atoms with E-state index < -0.39 is 5.91 Å². The van der Waals surface area contributed by atoms with Gasteiger partial charge in [-0.1, -0.05) is 17.7 Å². The summed E-state index contributed by atoms with van der Waals surface area (Å²) >= 11 is 0. The molecule has 0 aliphatic heterocycles. The Balaban J connectivity index is 2.95. The van der Waals surface area contributed by atoms with Gasteiger partial charge < -0.3 is 10.3 Å². The molecule has 4 heteroatoms. The molecule has 0 saturated carbocycles. The van der Waals surface area contributed by atoms with Gasteiger partial charge in [0, 0.05) is 11.4 Å². The SMILES string of the molecule is Cc1ccc2cc(C(N)=O)n(C(C)C)c(=O)c2c1. The highest BCUT2D eigenvalue weighted by molar-refractivity contribution is 5.95. The molecule has 0 radical (unpaired) electrons. The van der Waals surface area contributed by atoms with E-state index in [1.165, 1.54) is 4.57 Å². The van der Waals surface area contributed by atoms with Crippen LogP contribution in [-0.2, 0) is 0 Å². The third-order valence-electron chi connectivity index (χ3n) is 2.98. The molecule has 0 aliphatic carbocycles. The van der Waals surface area contributed by atoms with Crippen molar-refractivity contribution in [2.75, 3.05) is 0 Å². The molecule has 2 aromatic rings. The second-order valence-corrected chi connectivity index (χ2v) is 4.75. The zero-order valence-electron chi connectivity index (χ0n) is 10.7. The Bertz CT molecular complexity index is 684. The standard InChI is InChI=1S/C14H16N2O2/c1-8(2)16-12(13(15)17)7-10-5-4-9(3)6-11(10)14(16)18/h4-8H,1-3H3,(H2,15,17).